The third-order valence-electron chi connectivity index (χ3n) is 2.57. The fraction of sp³-hybridized carbons (Fsp3) is 0.727. The van der Waals surface area contributed by atoms with Gasteiger partial charge >= 0.3 is 6.09 Å². The minimum absolute atomic E-state index is 0.428. The predicted molar refractivity (Wildman–Crippen MR) is 62.9 cm³/mol. The Labute approximate surface area is 96.5 Å². The van der Waals surface area contributed by atoms with Crippen LogP contribution < -0.4 is 5.73 Å². The van der Waals surface area contributed by atoms with E-state index < -0.39 is 11.6 Å². The van der Waals surface area contributed by atoms with E-state index in [0.29, 0.717) is 13.1 Å². The SMILES string of the molecule is CC(C)(C)N(C(=O)O)N1CCC=C(CN)C1. The molecule has 1 aliphatic heterocycles. The van der Waals surface area contributed by atoms with Crippen LogP contribution in [-0.4, -0.2) is 46.4 Å². The molecule has 0 aromatic rings. The Morgan fingerprint density at radius 3 is 2.69 bits per heavy atom. The van der Waals surface area contributed by atoms with Gasteiger partial charge in [-0.25, -0.2) is 14.8 Å². The Morgan fingerprint density at radius 2 is 2.25 bits per heavy atom. The van der Waals surface area contributed by atoms with Crippen LogP contribution in [0.1, 0.15) is 27.2 Å². The van der Waals surface area contributed by atoms with Gasteiger partial charge in [-0.3, -0.25) is 0 Å². The number of amides is 1. The first-order chi connectivity index (χ1) is 7.36. The lowest BCUT2D eigenvalue weighted by Crippen LogP contribution is -2.57. The molecule has 0 aromatic heterocycles. The largest absolute Gasteiger partial charge is 0.464 e. The molecule has 3 N–H and O–H groups in total. The molecule has 0 saturated heterocycles. The number of carbonyl (C=O) groups is 1. The number of nitrogens with two attached hydrogens (primary N) is 1. The van der Waals surface area contributed by atoms with Gasteiger partial charge in [0, 0.05) is 19.6 Å². The average molecular weight is 227 g/mol. The van der Waals surface area contributed by atoms with Gasteiger partial charge in [0.15, 0.2) is 0 Å². The van der Waals surface area contributed by atoms with Gasteiger partial charge in [-0.1, -0.05) is 6.08 Å². The normalized spacial score (nSPS) is 18.1. The van der Waals surface area contributed by atoms with Crippen LogP contribution in [0, 0.1) is 0 Å². The minimum Gasteiger partial charge on any atom is -0.464 e. The van der Waals surface area contributed by atoms with Gasteiger partial charge in [-0.15, -0.1) is 0 Å². The fourth-order valence-electron chi connectivity index (χ4n) is 1.95. The summed E-state index contributed by atoms with van der Waals surface area (Å²) in [5.74, 6) is 0. The third-order valence-corrected chi connectivity index (χ3v) is 2.57. The van der Waals surface area contributed by atoms with Crippen LogP contribution in [0.3, 0.4) is 0 Å². The molecule has 92 valence electrons. The lowest BCUT2D eigenvalue weighted by Gasteiger charge is -2.43. The molecule has 0 radical (unpaired) electrons. The van der Waals surface area contributed by atoms with Crippen molar-refractivity contribution in [2.75, 3.05) is 19.6 Å². The highest BCUT2D eigenvalue weighted by Gasteiger charge is 2.32. The molecular weight excluding hydrogens is 206 g/mol. The maximum atomic E-state index is 11.3. The van der Waals surface area contributed by atoms with Crippen molar-refractivity contribution in [1.29, 1.82) is 0 Å². The van der Waals surface area contributed by atoms with Gasteiger partial charge < -0.3 is 10.8 Å². The smallest absolute Gasteiger partial charge is 0.422 e. The topological polar surface area (TPSA) is 69.8 Å². The summed E-state index contributed by atoms with van der Waals surface area (Å²) in [6.07, 6.45) is 2.04. The van der Waals surface area contributed by atoms with Crippen molar-refractivity contribution in [1.82, 2.24) is 10.0 Å². The van der Waals surface area contributed by atoms with E-state index in [1.54, 1.807) is 0 Å². The first kappa shape index (κ1) is 13.0. The lowest BCUT2D eigenvalue weighted by atomic mass is 10.1. The first-order valence-corrected chi connectivity index (χ1v) is 5.52. The summed E-state index contributed by atoms with van der Waals surface area (Å²) in [7, 11) is 0. The number of hydrogen-bond acceptors (Lipinski definition) is 3. The summed E-state index contributed by atoms with van der Waals surface area (Å²) >= 11 is 0. The number of hydrogen-bond donors (Lipinski definition) is 2. The van der Waals surface area contributed by atoms with E-state index in [4.69, 9.17) is 5.73 Å². The zero-order valence-corrected chi connectivity index (χ0v) is 10.2. The highest BCUT2D eigenvalue weighted by molar-refractivity contribution is 5.65. The number of carboxylic acid groups (broad SMARTS) is 1. The molecule has 16 heavy (non-hydrogen) atoms. The predicted octanol–water partition coefficient (Wildman–Crippen LogP) is 1.27. The van der Waals surface area contributed by atoms with E-state index in [1.165, 1.54) is 5.01 Å². The van der Waals surface area contributed by atoms with E-state index in [9.17, 15) is 9.90 Å². The summed E-state index contributed by atoms with van der Waals surface area (Å²) in [6.45, 7) is 7.51. The van der Waals surface area contributed by atoms with Crippen molar-refractivity contribution in [3.05, 3.63) is 11.6 Å². The number of hydrazine groups is 1. The Kier molecular flexibility index (Phi) is 3.93. The van der Waals surface area contributed by atoms with E-state index in [1.807, 2.05) is 25.8 Å². The van der Waals surface area contributed by atoms with Gasteiger partial charge in [-0.05, 0) is 32.8 Å². The summed E-state index contributed by atoms with van der Waals surface area (Å²) in [6, 6.07) is 0. The van der Waals surface area contributed by atoms with Crippen LogP contribution in [-0.2, 0) is 0 Å². The van der Waals surface area contributed by atoms with E-state index in [-0.39, 0.29) is 0 Å². The van der Waals surface area contributed by atoms with E-state index >= 15 is 0 Å². The maximum absolute atomic E-state index is 11.3. The Hall–Kier alpha value is -1.07. The van der Waals surface area contributed by atoms with Gasteiger partial charge in [0.05, 0.1) is 5.54 Å². The van der Waals surface area contributed by atoms with Crippen LogP contribution in [0.4, 0.5) is 4.79 Å². The van der Waals surface area contributed by atoms with E-state index in [2.05, 4.69) is 6.08 Å². The molecular formula is C11H21N3O2. The van der Waals surface area contributed by atoms with E-state index in [0.717, 1.165) is 18.5 Å². The highest BCUT2D eigenvalue weighted by atomic mass is 16.4. The van der Waals surface area contributed by atoms with Crippen molar-refractivity contribution < 1.29 is 9.90 Å². The first-order valence-electron chi connectivity index (χ1n) is 5.52. The van der Waals surface area contributed by atoms with Crippen LogP contribution in [0.25, 0.3) is 0 Å². The molecule has 5 nitrogen and oxygen atoms in total. The standard InChI is InChI=1S/C11H21N3O2/c1-11(2,3)14(10(15)16)13-6-4-5-9(7-12)8-13/h5H,4,6-8,12H2,1-3H3,(H,15,16). The molecule has 0 bridgehead atoms. The maximum Gasteiger partial charge on any atom is 0.422 e. The van der Waals surface area contributed by atoms with Gasteiger partial charge in [0.2, 0.25) is 0 Å². The van der Waals surface area contributed by atoms with Crippen LogP contribution in [0.15, 0.2) is 11.6 Å². The van der Waals surface area contributed by atoms with Crippen molar-refractivity contribution in [2.24, 2.45) is 5.73 Å². The number of rotatable bonds is 2. The molecule has 1 heterocycles. The molecule has 0 atom stereocenters. The van der Waals surface area contributed by atoms with Crippen LogP contribution in [0.2, 0.25) is 0 Å². The summed E-state index contributed by atoms with van der Waals surface area (Å²) in [5.41, 5.74) is 6.26. The summed E-state index contributed by atoms with van der Waals surface area (Å²) in [4.78, 5) is 11.3. The highest BCUT2D eigenvalue weighted by Crippen LogP contribution is 2.20. The zero-order valence-electron chi connectivity index (χ0n) is 10.2. The lowest BCUT2D eigenvalue weighted by molar-refractivity contribution is -0.0619. The van der Waals surface area contributed by atoms with Crippen molar-refractivity contribution >= 4 is 6.09 Å². The molecule has 1 rings (SSSR count). The Bertz CT molecular complexity index is 294. The molecule has 1 aliphatic rings. The van der Waals surface area contributed by atoms with Crippen LogP contribution in [0.5, 0.6) is 0 Å². The average Bonchev–Trinajstić information content (AvgIpc) is 2.15. The summed E-state index contributed by atoms with van der Waals surface area (Å²) < 4.78 is 0. The molecule has 0 fully saturated rings. The molecule has 0 aliphatic carbocycles. The Morgan fingerprint density at radius 1 is 1.62 bits per heavy atom. The quantitative estimate of drug-likeness (QED) is 0.697. The molecule has 0 aromatic carbocycles. The van der Waals surface area contributed by atoms with Gasteiger partial charge in [0.25, 0.3) is 0 Å². The molecule has 0 unspecified atom stereocenters. The molecule has 0 saturated carbocycles. The monoisotopic (exact) mass is 227 g/mol. The fourth-order valence-corrected chi connectivity index (χ4v) is 1.95. The third kappa shape index (κ3) is 2.96. The van der Waals surface area contributed by atoms with Crippen molar-refractivity contribution in [3.63, 3.8) is 0 Å². The van der Waals surface area contributed by atoms with Gasteiger partial charge in [-0.2, -0.15) is 0 Å². The minimum atomic E-state index is -0.911. The second-order valence-corrected chi connectivity index (χ2v) is 5.01. The zero-order chi connectivity index (χ0) is 12.3. The van der Waals surface area contributed by atoms with Crippen molar-refractivity contribution in [3.8, 4) is 0 Å². The van der Waals surface area contributed by atoms with Gasteiger partial charge in [0.1, 0.15) is 0 Å². The Balaban J connectivity index is 2.82. The second kappa shape index (κ2) is 4.84. The molecule has 5 heteroatoms. The summed E-state index contributed by atoms with van der Waals surface area (Å²) in [5, 5.41) is 12.5. The second-order valence-electron chi connectivity index (χ2n) is 5.01. The molecule has 0 spiro atoms. The van der Waals surface area contributed by atoms with Crippen LogP contribution >= 0.6 is 0 Å². The molecule has 1 amide bonds. The number of nitrogens with zero attached hydrogens (tertiary/aromatic N) is 2. The van der Waals surface area contributed by atoms with Crippen molar-refractivity contribution in [2.45, 2.75) is 32.7 Å².